The standard InChI is InChI=1S/C16H15Cl2N4O3P/c17-10-3-1-2-4-13(10)24-8-12-15(22-25-21-12)16(20-23)19-9-5-6-14(26)11(18)7-9/h1-5,7,14,23H,6,8,26H2,(H,19,20). The van der Waals surface area contributed by atoms with E-state index in [1.54, 1.807) is 30.3 Å². The van der Waals surface area contributed by atoms with E-state index in [1.165, 1.54) is 0 Å². The molecule has 0 fully saturated rings. The van der Waals surface area contributed by atoms with E-state index in [2.05, 4.69) is 24.5 Å². The third-order valence-electron chi connectivity index (χ3n) is 3.55. The van der Waals surface area contributed by atoms with Gasteiger partial charge in [-0.3, -0.25) is 10.7 Å². The lowest BCUT2D eigenvalue weighted by Crippen LogP contribution is -2.23. The molecule has 0 aliphatic heterocycles. The van der Waals surface area contributed by atoms with Crippen molar-refractivity contribution < 1.29 is 14.6 Å². The third kappa shape index (κ3) is 4.43. The predicted octanol–water partition coefficient (Wildman–Crippen LogP) is 3.68. The monoisotopic (exact) mass is 412 g/mol. The maximum atomic E-state index is 9.46. The number of nitrogens with one attached hydrogen (secondary N) is 1. The third-order valence-corrected chi connectivity index (χ3v) is 5.09. The summed E-state index contributed by atoms with van der Waals surface area (Å²) in [6.45, 7) is 0.0343. The maximum Gasteiger partial charge on any atom is 0.182 e. The van der Waals surface area contributed by atoms with Gasteiger partial charge in [0.1, 0.15) is 12.4 Å². The van der Waals surface area contributed by atoms with E-state index in [1.807, 2.05) is 11.6 Å². The Kier molecular flexibility index (Phi) is 6.27. The number of rotatable bonds is 5. The van der Waals surface area contributed by atoms with Crippen LogP contribution in [0, 0.1) is 0 Å². The number of hydrogen-bond donors (Lipinski definition) is 2. The first-order chi connectivity index (χ1) is 12.6. The van der Waals surface area contributed by atoms with E-state index in [0.717, 1.165) is 6.42 Å². The average molecular weight is 413 g/mol. The number of para-hydroxylation sites is 1. The van der Waals surface area contributed by atoms with Gasteiger partial charge in [-0.1, -0.05) is 46.6 Å². The van der Waals surface area contributed by atoms with E-state index >= 15 is 0 Å². The minimum Gasteiger partial charge on any atom is -0.486 e. The second-order valence-electron chi connectivity index (χ2n) is 5.35. The summed E-state index contributed by atoms with van der Waals surface area (Å²) < 4.78 is 10.4. The molecule has 1 aromatic carbocycles. The Balaban J connectivity index is 1.80. The Morgan fingerprint density at radius 2 is 2.19 bits per heavy atom. The molecule has 1 aliphatic carbocycles. The van der Waals surface area contributed by atoms with Crippen molar-refractivity contribution in [1.29, 1.82) is 0 Å². The molecule has 136 valence electrons. The van der Waals surface area contributed by atoms with Gasteiger partial charge in [-0.15, -0.1) is 9.24 Å². The molecule has 1 heterocycles. The van der Waals surface area contributed by atoms with Crippen LogP contribution in [0.25, 0.3) is 0 Å². The number of nitrogens with zero attached hydrogens (tertiary/aromatic N) is 3. The lowest BCUT2D eigenvalue weighted by molar-refractivity contribution is 0.233. The molecule has 2 unspecified atom stereocenters. The minimum absolute atomic E-state index is 0.0343. The van der Waals surface area contributed by atoms with Crippen LogP contribution in [-0.2, 0) is 6.61 Å². The van der Waals surface area contributed by atoms with E-state index < -0.39 is 0 Å². The van der Waals surface area contributed by atoms with Crippen molar-refractivity contribution >= 4 is 38.3 Å². The van der Waals surface area contributed by atoms with Crippen LogP contribution in [0.3, 0.4) is 0 Å². The lowest BCUT2D eigenvalue weighted by Gasteiger charge is -2.13. The van der Waals surface area contributed by atoms with Crippen LogP contribution in [0.15, 0.2) is 56.8 Å². The molecule has 7 nitrogen and oxygen atoms in total. The largest absolute Gasteiger partial charge is 0.486 e. The number of benzene rings is 1. The summed E-state index contributed by atoms with van der Waals surface area (Å²) in [7, 11) is 2.65. The number of aromatic nitrogens is 2. The van der Waals surface area contributed by atoms with E-state index in [0.29, 0.717) is 27.2 Å². The van der Waals surface area contributed by atoms with E-state index in [4.69, 9.17) is 32.6 Å². The van der Waals surface area contributed by atoms with Gasteiger partial charge >= 0.3 is 0 Å². The Morgan fingerprint density at radius 3 is 2.92 bits per heavy atom. The number of ether oxygens (including phenoxy) is 1. The molecular weight excluding hydrogens is 398 g/mol. The number of hydrogen-bond acceptors (Lipinski definition) is 6. The van der Waals surface area contributed by atoms with Crippen molar-refractivity contribution in [2.24, 2.45) is 4.99 Å². The maximum absolute atomic E-state index is 9.46. The fraction of sp³-hybridized carbons (Fsp3) is 0.188. The van der Waals surface area contributed by atoms with E-state index in [-0.39, 0.29) is 23.8 Å². The van der Waals surface area contributed by atoms with Gasteiger partial charge in [0, 0.05) is 10.7 Å². The number of aliphatic imine (C=N–C) groups is 1. The molecule has 2 atom stereocenters. The quantitative estimate of drug-likeness (QED) is 0.336. The first-order valence-electron chi connectivity index (χ1n) is 7.59. The van der Waals surface area contributed by atoms with Crippen LogP contribution in [-0.4, -0.2) is 27.0 Å². The molecule has 26 heavy (non-hydrogen) atoms. The van der Waals surface area contributed by atoms with Crippen molar-refractivity contribution in [2.45, 2.75) is 18.7 Å². The van der Waals surface area contributed by atoms with Crippen molar-refractivity contribution in [3.63, 3.8) is 0 Å². The van der Waals surface area contributed by atoms with Crippen molar-refractivity contribution in [2.75, 3.05) is 0 Å². The highest BCUT2D eigenvalue weighted by molar-refractivity contribution is 7.18. The summed E-state index contributed by atoms with van der Waals surface area (Å²) in [5, 5.41) is 18.2. The second-order valence-corrected chi connectivity index (χ2v) is 7.00. The van der Waals surface area contributed by atoms with Gasteiger partial charge in [0.15, 0.2) is 17.2 Å². The number of halogens is 2. The topological polar surface area (TPSA) is 92.8 Å². The van der Waals surface area contributed by atoms with Crippen molar-refractivity contribution in [3.05, 3.63) is 63.6 Å². The first kappa shape index (κ1) is 18.9. The van der Waals surface area contributed by atoms with Gasteiger partial charge < -0.3 is 4.74 Å². The van der Waals surface area contributed by atoms with Gasteiger partial charge in [0.25, 0.3) is 0 Å². The van der Waals surface area contributed by atoms with Crippen LogP contribution in [0.1, 0.15) is 17.8 Å². The van der Waals surface area contributed by atoms with Gasteiger partial charge in [0.05, 0.1) is 10.7 Å². The zero-order valence-electron chi connectivity index (χ0n) is 13.4. The predicted molar refractivity (Wildman–Crippen MR) is 102 cm³/mol. The SMILES string of the molecule is ONC(=NC1=CCC(P)C(Cl)=C1)c1nonc1COc1ccccc1Cl. The molecule has 10 heteroatoms. The molecule has 1 aromatic heterocycles. The Hall–Kier alpha value is -1.92. The summed E-state index contributed by atoms with van der Waals surface area (Å²) >= 11 is 12.2. The molecule has 0 saturated heterocycles. The zero-order valence-corrected chi connectivity index (χ0v) is 16.1. The summed E-state index contributed by atoms with van der Waals surface area (Å²) in [5.74, 6) is 0.563. The lowest BCUT2D eigenvalue weighted by atomic mass is 10.1. The fourth-order valence-corrected chi connectivity index (χ4v) is 2.82. The Morgan fingerprint density at radius 1 is 1.38 bits per heavy atom. The molecular formula is C16H15Cl2N4O3P. The highest BCUT2D eigenvalue weighted by atomic mass is 35.5. The second kappa shape index (κ2) is 8.64. The molecule has 0 spiro atoms. The van der Waals surface area contributed by atoms with Crippen LogP contribution < -0.4 is 10.2 Å². The van der Waals surface area contributed by atoms with Gasteiger partial charge in [-0.05, 0) is 29.8 Å². The summed E-state index contributed by atoms with van der Waals surface area (Å²) in [4.78, 5) is 4.32. The summed E-state index contributed by atoms with van der Waals surface area (Å²) in [6, 6.07) is 7.05. The molecule has 0 saturated carbocycles. The van der Waals surface area contributed by atoms with Gasteiger partial charge in [-0.2, -0.15) is 0 Å². The van der Waals surface area contributed by atoms with E-state index in [9.17, 15) is 5.21 Å². The highest BCUT2D eigenvalue weighted by Crippen LogP contribution is 2.28. The summed E-state index contributed by atoms with van der Waals surface area (Å²) in [5.41, 5.74) is 3.33. The fourth-order valence-electron chi connectivity index (χ4n) is 2.19. The first-order valence-corrected chi connectivity index (χ1v) is 9.01. The van der Waals surface area contributed by atoms with Crippen molar-refractivity contribution in [1.82, 2.24) is 15.8 Å². The smallest absolute Gasteiger partial charge is 0.182 e. The van der Waals surface area contributed by atoms with Gasteiger partial charge in [0.2, 0.25) is 0 Å². The van der Waals surface area contributed by atoms with Gasteiger partial charge in [-0.25, -0.2) is 9.62 Å². The molecule has 2 aromatic rings. The molecule has 3 rings (SSSR count). The molecule has 0 radical (unpaired) electrons. The zero-order chi connectivity index (χ0) is 18.5. The Labute approximate surface area is 161 Å². The van der Waals surface area contributed by atoms with Crippen LogP contribution >= 0.6 is 32.4 Å². The molecule has 0 bridgehead atoms. The highest BCUT2D eigenvalue weighted by Gasteiger charge is 2.19. The minimum atomic E-state index is 0.0343. The molecule has 2 N–H and O–H groups in total. The number of amidine groups is 1. The normalized spacial score (nSPS) is 17.5. The van der Waals surface area contributed by atoms with Crippen molar-refractivity contribution in [3.8, 4) is 5.75 Å². The average Bonchev–Trinajstić information content (AvgIpc) is 3.10. The Bertz CT molecular complexity index is 882. The van der Waals surface area contributed by atoms with Crippen LogP contribution in [0.2, 0.25) is 5.02 Å². The molecule has 1 aliphatic rings. The summed E-state index contributed by atoms with van der Waals surface area (Å²) in [6.07, 6.45) is 4.33. The molecule has 0 amide bonds. The number of hydroxylamine groups is 1. The number of allylic oxidation sites excluding steroid dienone is 3. The van der Waals surface area contributed by atoms with Crippen LogP contribution in [0.5, 0.6) is 5.75 Å². The van der Waals surface area contributed by atoms with Crippen LogP contribution in [0.4, 0.5) is 0 Å².